The number of aryl methyl sites for hydroxylation is 3. The number of pyridine rings is 3. The lowest BCUT2D eigenvalue weighted by Gasteiger charge is -2.19. The highest BCUT2D eigenvalue weighted by Gasteiger charge is 2.34. The van der Waals surface area contributed by atoms with Crippen LogP contribution in [0.1, 0.15) is 36.0 Å². The van der Waals surface area contributed by atoms with Crippen molar-refractivity contribution >= 4 is 166 Å². The van der Waals surface area contributed by atoms with Crippen molar-refractivity contribution in [3.05, 3.63) is 232 Å². The number of anilines is 7. The Bertz CT molecular complexity index is 6710. The first kappa shape index (κ1) is 98.5. The highest BCUT2D eigenvalue weighted by atomic mass is 35.5. The van der Waals surface area contributed by atoms with E-state index >= 15 is 0 Å². The molecule has 6 N–H and O–H groups in total. The van der Waals surface area contributed by atoms with Crippen LogP contribution in [0.25, 0.3) is 66.5 Å². The Labute approximate surface area is 799 Å². The van der Waals surface area contributed by atoms with Crippen molar-refractivity contribution in [3.63, 3.8) is 0 Å². The highest BCUT2D eigenvalue weighted by molar-refractivity contribution is 6.43. The van der Waals surface area contributed by atoms with Crippen LogP contribution >= 0.6 is 69.6 Å². The molecule has 35 nitrogen and oxygen atoms in total. The fourth-order valence-electron chi connectivity index (χ4n) is 16.1. The first-order chi connectivity index (χ1) is 64.2. The number of para-hydroxylation sites is 3. The maximum absolute atomic E-state index is 14.5. The van der Waals surface area contributed by atoms with E-state index in [1.165, 1.54) is 71.6 Å². The molecule has 3 fully saturated rings. The number of halogens is 6. The van der Waals surface area contributed by atoms with Gasteiger partial charge in [-0.2, -0.15) is 15.0 Å². The number of nitrogens with one attached hydrogen (secondary N) is 4. The average Bonchev–Trinajstić information content (AvgIpc) is 0.894. The molecule has 41 heteroatoms. The number of fused-ring (bicyclic) bond motifs is 3. The van der Waals surface area contributed by atoms with Crippen molar-refractivity contribution in [3.8, 4) is 67.9 Å². The summed E-state index contributed by atoms with van der Waals surface area (Å²) in [7, 11) is 16.5. The second-order valence-corrected chi connectivity index (χ2v) is 34.9. The second kappa shape index (κ2) is 43.4. The van der Waals surface area contributed by atoms with Gasteiger partial charge in [0.2, 0.25) is 29.7 Å². The molecule has 3 saturated heterocycles. The Morgan fingerprint density at radius 2 is 0.791 bits per heavy atom. The lowest BCUT2D eigenvalue weighted by molar-refractivity contribution is -0.384. The van der Waals surface area contributed by atoms with E-state index in [2.05, 4.69) is 46.2 Å². The fourth-order valence-corrected chi connectivity index (χ4v) is 18.3. The number of nitro groups is 2. The zero-order valence-electron chi connectivity index (χ0n) is 75.5. The van der Waals surface area contributed by atoms with E-state index in [9.17, 15) is 44.2 Å². The molecular formula is C93H98Cl6N20O15. The third kappa shape index (κ3) is 21.6. The molecule has 3 atom stereocenters. The minimum atomic E-state index is -0.489. The van der Waals surface area contributed by atoms with E-state index in [-0.39, 0.29) is 168 Å². The van der Waals surface area contributed by atoms with Crippen LogP contribution in [-0.4, -0.2) is 208 Å². The Morgan fingerprint density at radius 1 is 0.478 bits per heavy atom. The smallest absolute Gasteiger partial charge is 0.293 e. The van der Waals surface area contributed by atoms with E-state index in [1.807, 2.05) is 69.2 Å². The minimum absolute atomic E-state index is 0.00785. The van der Waals surface area contributed by atoms with Gasteiger partial charge in [-0.3, -0.25) is 57.9 Å². The van der Waals surface area contributed by atoms with Gasteiger partial charge in [-0.15, -0.1) is 0 Å². The predicted octanol–water partition coefficient (Wildman–Crippen LogP) is 16.4. The van der Waals surface area contributed by atoms with E-state index in [0.717, 1.165) is 31.5 Å². The van der Waals surface area contributed by atoms with Gasteiger partial charge in [0.05, 0.1) is 111 Å². The Hall–Kier alpha value is -13.0. The maximum Gasteiger partial charge on any atom is 0.293 e. The van der Waals surface area contributed by atoms with Crippen LogP contribution in [0.5, 0.6) is 34.5 Å². The first-order valence-corrected chi connectivity index (χ1v) is 44.5. The number of benzene rings is 6. The summed E-state index contributed by atoms with van der Waals surface area (Å²) in [4.78, 5) is 126. The van der Waals surface area contributed by atoms with Crippen LogP contribution < -0.4 is 72.1 Å². The summed E-state index contributed by atoms with van der Waals surface area (Å²) in [6.45, 7) is 11.3. The standard InChI is InChI=1S/C33H35Cl2N7O6.C33H37Cl2N7O4.C27H26Cl2N6O5/c1-19-8-6-9-23(42(45)46)30(19)37-33-36-16-21-14-22(27-28(34)24(47-4)15-25(48-5)29(27)35)32(44)41(31(21)38-33)18-20-11-13-40(17-20)26(43)10-7-12-39(2)3;1-19-8-6-9-23(36)30(19)38-33-37-16-21-14-22(27-28(34)24(45-4)15-25(46-5)29(27)35)32(44)42(31(21)39-33)18-20-11-13-41(17-20)26(43)10-7-12-40(2)3;1-14-5-4-6-18(35(37)38)24(14)32-27-31-12-16-9-17(21-22(28)19(39-2)10-20(40-3)23(21)29)26(36)34(25(16)33-27)13-15-7-8-30-11-15/h6-10,14-16,20H,11-13,17-18H2,1-5H3,(H,36,37,38);6-10,14-16,20H,11-13,17-18,36H2,1-5H3,(H,37,38,39);4-6,9-10,12,15,30H,7-8,11,13H2,1-3H3,(H,31,32,33)/b2*10-7+;. The van der Waals surface area contributed by atoms with Crippen molar-refractivity contribution < 1.29 is 47.9 Å². The normalized spacial score (nSPS) is 14.8. The van der Waals surface area contributed by atoms with Gasteiger partial charge in [0.25, 0.3) is 28.1 Å². The Morgan fingerprint density at radius 3 is 1.09 bits per heavy atom. The summed E-state index contributed by atoms with van der Waals surface area (Å²) in [5.41, 5.74) is 11.3. The van der Waals surface area contributed by atoms with Crippen LogP contribution in [0.15, 0.2) is 148 Å². The van der Waals surface area contributed by atoms with Crippen LogP contribution in [0.4, 0.5) is 52.0 Å². The number of hydrogen-bond acceptors (Lipinski definition) is 28. The van der Waals surface area contributed by atoms with Gasteiger partial charge in [0.1, 0.15) is 62.8 Å². The van der Waals surface area contributed by atoms with Crippen molar-refractivity contribution in [2.45, 2.75) is 59.7 Å². The summed E-state index contributed by atoms with van der Waals surface area (Å²) in [5.74, 6) is 2.17. The van der Waals surface area contributed by atoms with E-state index in [1.54, 1.807) is 118 Å². The van der Waals surface area contributed by atoms with Gasteiger partial charge in [-0.25, -0.2) is 15.0 Å². The number of carbonyl (C=O) groups is 2. The van der Waals surface area contributed by atoms with E-state index < -0.39 is 15.4 Å². The Balaban J connectivity index is 0.000000171. The van der Waals surface area contributed by atoms with Gasteiger partial charge >= 0.3 is 0 Å². The number of rotatable bonds is 29. The van der Waals surface area contributed by atoms with Crippen molar-refractivity contribution in [2.75, 3.05) is 145 Å². The monoisotopic (exact) mass is 1940 g/mol. The molecule has 702 valence electrons. The van der Waals surface area contributed by atoms with Crippen LogP contribution in [0.2, 0.25) is 30.1 Å². The molecule has 12 aromatic rings. The summed E-state index contributed by atoms with van der Waals surface area (Å²) >= 11 is 40.4. The largest absolute Gasteiger partial charge is 0.495 e. The highest BCUT2D eigenvalue weighted by Crippen LogP contribution is 2.50. The number of hydrogen-bond donors (Lipinski definition) is 5. The fraction of sp³-hybridized carbons (Fsp3) is 0.323. The Kier molecular flexibility index (Phi) is 31.9. The van der Waals surface area contributed by atoms with Gasteiger partial charge in [0, 0.05) is 153 Å². The maximum atomic E-state index is 14.5. The number of nitrogens with two attached hydrogens (primary N) is 1. The molecule has 3 aliphatic rings. The van der Waals surface area contributed by atoms with Gasteiger partial charge in [-0.05, 0) is 140 Å². The van der Waals surface area contributed by atoms with Crippen molar-refractivity contribution in [1.29, 1.82) is 0 Å². The molecule has 0 spiro atoms. The number of nitrogens with zero attached hydrogens (tertiary/aromatic N) is 15. The third-order valence-electron chi connectivity index (χ3n) is 23.1. The molecular weight excluding hydrogens is 1850 g/mol. The summed E-state index contributed by atoms with van der Waals surface area (Å²) in [6, 6.07) is 24.6. The molecule has 9 heterocycles. The van der Waals surface area contributed by atoms with Crippen LogP contribution in [-0.2, 0) is 29.2 Å². The average molecular weight is 1950 g/mol. The zero-order valence-corrected chi connectivity index (χ0v) is 80.0. The van der Waals surface area contributed by atoms with Gasteiger partial charge in [-0.1, -0.05) is 118 Å². The SMILES string of the molecule is COc1cc(OC)c(Cl)c(-c2cc3cnc(Nc4c(C)cccc4N)nc3n(CC3CCN(C(=O)/C=C/CN(C)C)C3)c2=O)c1Cl.COc1cc(OC)c(Cl)c(-c2cc3cnc(Nc4c(C)cccc4[N+](=O)[O-])nc3n(CC3CCN(C(=O)/C=C/CN(C)C)C3)c2=O)c1Cl.COc1cc(OC)c(Cl)c(-c2cc3cnc(Nc4c(C)cccc4[N+](=O)[O-])nc3n(CC3CCNC3)c2=O)c1Cl. The predicted molar refractivity (Wildman–Crippen MR) is 524 cm³/mol. The summed E-state index contributed by atoms with van der Waals surface area (Å²) in [5, 5.41) is 38.4. The number of nitrogen functional groups attached to an aromatic ring is 1. The first-order valence-electron chi connectivity index (χ1n) is 42.3. The quantitative estimate of drug-likeness (QED) is 0.0126. The molecule has 3 aliphatic heterocycles. The van der Waals surface area contributed by atoms with Crippen molar-refractivity contribution in [1.82, 2.24) is 68.5 Å². The summed E-state index contributed by atoms with van der Waals surface area (Å²) in [6.07, 6.45) is 13.8. The number of carbonyl (C=O) groups excluding carboxylic acids is 2. The number of ether oxygens (including phenoxy) is 6. The molecule has 6 aromatic carbocycles. The molecule has 0 aliphatic carbocycles. The zero-order chi connectivity index (χ0) is 96.4. The van der Waals surface area contributed by atoms with Crippen LogP contribution in [0.3, 0.4) is 0 Å². The molecule has 15 rings (SSSR count). The molecule has 134 heavy (non-hydrogen) atoms. The molecule has 0 radical (unpaired) electrons. The molecule has 0 bridgehead atoms. The van der Waals surface area contributed by atoms with Gasteiger partial charge in [0.15, 0.2) is 0 Å². The number of nitro benzene ring substituents is 2. The van der Waals surface area contributed by atoms with Crippen molar-refractivity contribution in [2.24, 2.45) is 17.8 Å². The molecule has 6 aromatic heterocycles. The molecule has 2 amide bonds. The number of likely N-dealkylation sites (N-methyl/N-ethyl adjacent to an activating group) is 2. The number of amides is 2. The molecule has 0 saturated carbocycles. The number of methoxy groups -OCH3 is 6. The van der Waals surface area contributed by atoms with E-state index in [0.29, 0.717) is 132 Å². The van der Waals surface area contributed by atoms with Gasteiger partial charge < -0.3 is 75.0 Å². The topological polar surface area (TPSA) is 406 Å². The molecule has 3 unspecified atom stereocenters. The van der Waals surface area contributed by atoms with E-state index in [4.69, 9.17) is 109 Å². The summed E-state index contributed by atoms with van der Waals surface area (Å²) < 4.78 is 37.4. The lowest BCUT2D eigenvalue weighted by Crippen LogP contribution is -2.30. The lowest BCUT2D eigenvalue weighted by atomic mass is 10.0. The minimum Gasteiger partial charge on any atom is -0.495 e. The second-order valence-electron chi connectivity index (χ2n) is 32.6. The number of likely N-dealkylation sites (tertiary alicyclic amines) is 2. The number of aromatic nitrogens is 9. The van der Waals surface area contributed by atoms with Crippen LogP contribution in [0, 0.1) is 58.8 Å². The third-order valence-corrected chi connectivity index (χ3v) is 25.3.